The Morgan fingerprint density at radius 3 is 2.05 bits per heavy atom. The lowest BCUT2D eigenvalue weighted by Gasteiger charge is -2.36. The molecule has 0 radical (unpaired) electrons. The number of hydrogen-bond acceptors (Lipinski definition) is 7. The maximum atomic E-state index is 12.6. The number of allylic oxidation sites excluding steroid dienone is 1. The summed E-state index contributed by atoms with van der Waals surface area (Å²) in [6, 6.07) is 0.561. The van der Waals surface area contributed by atoms with Gasteiger partial charge in [0, 0.05) is 51.2 Å². The monoisotopic (exact) mass is 537 g/mol. The molecule has 9 nitrogen and oxygen atoms in total. The number of hydrazine groups is 1. The highest BCUT2D eigenvalue weighted by atomic mass is 19.4. The molecule has 4 fully saturated rings. The molecule has 0 spiro atoms. The smallest absolute Gasteiger partial charge is 0.338 e. The van der Waals surface area contributed by atoms with Crippen molar-refractivity contribution in [2.45, 2.75) is 45.1 Å². The highest BCUT2D eigenvalue weighted by Gasteiger charge is 2.52. The number of hydrogen-bond donors (Lipinski definition) is 2. The number of rotatable bonds is 4. The van der Waals surface area contributed by atoms with Crippen molar-refractivity contribution in [2.24, 2.45) is 11.3 Å². The summed E-state index contributed by atoms with van der Waals surface area (Å²) < 4.78 is 73.1. The molecule has 1 aromatic heterocycles. The third-order valence-electron chi connectivity index (χ3n) is 6.75. The molecule has 1 aliphatic carbocycles. The first-order valence-corrected chi connectivity index (χ1v) is 11.6. The van der Waals surface area contributed by atoms with E-state index in [9.17, 15) is 35.9 Å². The fourth-order valence-electron chi connectivity index (χ4n) is 4.83. The largest absolute Gasteiger partial charge is 0.421 e. The van der Waals surface area contributed by atoms with Gasteiger partial charge < -0.3 is 9.80 Å². The minimum atomic E-state index is -4.64. The van der Waals surface area contributed by atoms with Crippen LogP contribution in [-0.4, -0.2) is 83.1 Å². The van der Waals surface area contributed by atoms with Crippen LogP contribution < -0.4 is 16.2 Å². The molecule has 3 aliphatic heterocycles. The van der Waals surface area contributed by atoms with Crippen LogP contribution in [0.5, 0.6) is 0 Å². The van der Waals surface area contributed by atoms with Crippen molar-refractivity contribution in [1.82, 2.24) is 25.2 Å². The van der Waals surface area contributed by atoms with Crippen LogP contribution in [0, 0.1) is 5.41 Å². The third kappa shape index (κ3) is 6.89. The normalized spacial score (nSPS) is 24.2. The number of amides is 2. The van der Waals surface area contributed by atoms with Gasteiger partial charge in [0.25, 0.3) is 5.91 Å². The lowest BCUT2D eigenvalue weighted by Crippen LogP contribution is -2.51. The Balaban J connectivity index is 0.000000295. The van der Waals surface area contributed by atoms with E-state index in [-0.39, 0.29) is 11.9 Å². The predicted molar refractivity (Wildman–Crippen MR) is 121 cm³/mol. The second-order valence-corrected chi connectivity index (χ2v) is 9.59. The zero-order chi connectivity index (χ0) is 27.6. The number of nitrogens with zero attached hydrogens (tertiary/aromatic N) is 5. The maximum Gasteiger partial charge on any atom is 0.421 e. The van der Waals surface area contributed by atoms with E-state index in [1.165, 1.54) is 18.3 Å². The first-order chi connectivity index (χ1) is 17.2. The number of alkyl halides is 6. The molecule has 3 N–H and O–H groups in total. The standard InChI is InChI=1S/C17H22F3N5O.C5H7F3N2O/c1-16-6-13(7-16)25(11-16)10-14(26)23-2-4-24(5-3-23)15-21-8-12(9-22-15)17(18,19)20;1-2-3(4(11)10-9)5(6,7)8/h8-9,13H,2-7,10-11H2,1H3;2H,9H2,1H3,(H,10,11)/b;3-2+. The topological polar surface area (TPSA) is 108 Å². The average molecular weight is 538 g/mol. The summed E-state index contributed by atoms with van der Waals surface area (Å²) in [6.07, 6.45) is -4.42. The minimum Gasteiger partial charge on any atom is -0.338 e. The van der Waals surface area contributed by atoms with Crippen molar-refractivity contribution in [3.63, 3.8) is 0 Å². The summed E-state index contributed by atoms with van der Waals surface area (Å²) in [6.45, 7) is 6.99. The second kappa shape index (κ2) is 10.8. The zero-order valence-electron chi connectivity index (χ0n) is 20.4. The molecular weight excluding hydrogens is 508 g/mol. The van der Waals surface area contributed by atoms with Crippen LogP contribution in [0.4, 0.5) is 32.3 Å². The molecule has 0 atom stereocenters. The van der Waals surface area contributed by atoms with Crippen LogP contribution in [0.15, 0.2) is 24.0 Å². The lowest BCUT2D eigenvalue weighted by atomic mass is 9.72. The molecular formula is C22H29F6N7O2. The Labute approximate surface area is 209 Å². The number of halogens is 6. The molecule has 15 heteroatoms. The molecule has 0 aromatic carbocycles. The van der Waals surface area contributed by atoms with Crippen molar-refractivity contribution in [3.05, 3.63) is 29.6 Å². The maximum absolute atomic E-state index is 12.6. The Kier molecular flexibility index (Phi) is 8.37. The number of anilines is 1. The SMILES string of the molecule is C/C=C(\C(=O)NN)C(F)(F)F.CC12CC(C1)N(CC(=O)N1CCN(c3ncc(C(F)(F)F)cn3)CC1)C2. The molecule has 1 saturated carbocycles. The van der Waals surface area contributed by atoms with Gasteiger partial charge in [-0.2, -0.15) is 26.3 Å². The summed E-state index contributed by atoms with van der Waals surface area (Å²) in [5, 5.41) is 0. The van der Waals surface area contributed by atoms with Crippen LogP contribution in [0.25, 0.3) is 0 Å². The van der Waals surface area contributed by atoms with E-state index in [4.69, 9.17) is 0 Å². The lowest BCUT2D eigenvalue weighted by molar-refractivity contribution is -0.138. The van der Waals surface area contributed by atoms with E-state index in [1.807, 2.05) is 9.80 Å². The molecule has 3 saturated heterocycles. The zero-order valence-corrected chi connectivity index (χ0v) is 20.4. The summed E-state index contributed by atoms with van der Waals surface area (Å²) >= 11 is 0. The highest BCUT2D eigenvalue weighted by molar-refractivity contribution is 5.94. The van der Waals surface area contributed by atoms with Gasteiger partial charge >= 0.3 is 12.4 Å². The number of fused-ring (bicyclic) bond motifs is 1. The van der Waals surface area contributed by atoms with Crippen LogP contribution in [-0.2, 0) is 15.8 Å². The minimum absolute atomic E-state index is 0.133. The van der Waals surface area contributed by atoms with Crippen molar-refractivity contribution < 1.29 is 35.9 Å². The predicted octanol–water partition coefficient (Wildman–Crippen LogP) is 2.11. The average Bonchev–Trinajstić information content (AvgIpc) is 3.30. The fraction of sp³-hybridized carbons (Fsp3) is 0.636. The van der Waals surface area contributed by atoms with Crippen LogP contribution >= 0.6 is 0 Å². The van der Waals surface area contributed by atoms with E-state index >= 15 is 0 Å². The molecule has 0 unspecified atom stereocenters. The second-order valence-electron chi connectivity index (χ2n) is 9.59. The van der Waals surface area contributed by atoms with Crippen molar-refractivity contribution in [2.75, 3.05) is 44.2 Å². The fourth-order valence-corrected chi connectivity index (χ4v) is 4.83. The van der Waals surface area contributed by atoms with Gasteiger partial charge in [-0.15, -0.1) is 0 Å². The van der Waals surface area contributed by atoms with Crippen LogP contribution in [0.1, 0.15) is 32.3 Å². The molecule has 4 heterocycles. The summed E-state index contributed by atoms with van der Waals surface area (Å²) in [7, 11) is 0. The number of carbonyl (C=O) groups excluding carboxylic acids is 2. The molecule has 2 bridgehead atoms. The van der Waals surface area contributed by atoms with Crippen LogP contribution in [0.3, 0.4) is 0 Å². The number of nitrogens with one attached hydrogen (secondary N) is 1. The molecule has 1 aromatic rings. The van der Waals surface area contributed by atoms with E-state index in [2.05, 4.69) is 27.6 Å². The van der Waals surface area contributed by atoms with E-state index in [1.54, 1.807) is 0 Å². The van der Waals surface area contributed by atoms with Gasteiger partial charge in [0.2, 0.25) is 11.9 Å². The Bertz CT molecular complexity index is 998. The van der Waals surface area contributed by atoms with Gasteiger partial charge in [-0.3, -0.25) is 19.9 Å². The van der Waals surface area contributed by atoms with Gasteiger partial charge in [0.05, 0.1) is 12.1 Å². The van der Waals surface area contributed by atoms with Gasteiger partial charge in [0.1, 0.15) is 5.57 Å². The van der Waals surface area contributed by atoms with Crippen molar-refractivity contribution in [3.8, 4) is 0 Å². The summed E-state index contributed by atoms with van der Waals surface area (Å²) in [5.74, 6) is 3.58. The number of aromatic nitrogens is 2. The molecule has 2 amide bonds. The number of piperazine rings is 1. The van der Waals surface area contributed by atoms with E-state index in [0.29, 0.717) is 50.3 Å². The van der Waals surface area contributed by atoms with Crippen molar-refractivity contribution in [1.29, 1.82) is 0 Å². The van der Waals surface area contributed by atoms with Crippen LogP contribution in [0.2, 0.25) is 0 Å². The highest BCUT2D eigenvalue weighted by Crippen LogP contribution is 2.51. The summed E-state index contributed by atoms with van der Waals surface area (Å²) in [5.41, 5.74) is -0.344. The van der Waals surface area contributed by atoms with Gasteiger partial charge in [0.15, 0.2) is 0 Å². The van der Waals surface area contributed by atoms with E-state index in [0.717, 1.165) is 25.9 Å². The third-order valence-corrected chi connectivity index (χ3v) is 6.75. The Morgan fingerprint density at radius 2 is 1.68 bits per heavy atom. The Morgan fingerprint density at radius 1 is 1.11 bits per heavy atom. The van der Waals surface area contributed by atoms with Crippen molar-refractivity contribution >= 4 is 17.8 Å². The molecule has 4 aliphatic rings. The number of carbonyl (C=O) groups is 2. The molecule has 206 valence electrons. The van der Waals surface area contributed by atoms with Gasteiger partial charge in [-0.25, -0.2) is 15.8 Å². The first kappa shape index (κ1) is 28.6. The Hall–Kier alpha value is -2.94. The number of nitrogens with two attached hydrogens (primary N) is 1. The van der Waals surface area contributed by atoms with E-state index < -0.39 is 29.4 Å². The first-order valence-electron chi connectivity index (χ1n) is 11.6. The quantitative estimate of drug-likeness (QED) is 0.199. The summed E-state index contributed by atoms with van der Waals surface area (Å²) in [4.78, 5) is 36.5. The van der Waals surface area contributed by atoms with Gasteiger partial charge in [-0.05, 0) is 25.2 Å². The van der Waals surface area contributed by atoms with Gasteiger partial charge in [-0.1, -0.05) is 13.0 Å². The molecule has 37 heavy (non-hydrogen) atoms. The molecule has 5 rings (SSSR count).